The summed E-state index contributed by atoms with van der Waals surface area (Å²) in [6, 6.07) is 8.71. The monoisotopic (exact) mass is 402 g/mol. The third-order valence-electron chi connectivity index (χ3n) is 3.84. The number of amides is 2. The fourth-order valence-corrected chi connectivity index (χ4v) is 3.57. The maximum absolute atomic E-state index is 13.8. The van der Waals surface area contributed by atoms with Gasteiger partial charge in [-0.3, -0.25) is 9.59 Å². The second-order valence-electron chi connectivity index (χ2n) is 5.62. The van der Waals surface area contributed by atoms with E-state index in [0.29, 0.717) is 5.56 Å². The molecule has 28 heavy (non-hydrogen) atoms. The summed E-state index contributed by atoms with van der Waals surface area (Å²) in [5.41, 5.74) is 0.354. The molecule has 3 rings (SSSR count). The molecular formula is C19H15FN2O5S. The number of halogens is 1. The maximum Gasteiger partial charge on any atom is 0.341 e. The van der Waals surface area contributed by atoms with Crippen molar-refractivity contribution in [3.8, 4) is 0 Å². The Kier molecular flexibility index (Phi) is 5.55. The Bertz CT molecular complexity index is 1040. The van der Waals surface area contributed by atoms with Gasteiger partial charge in [-0.2, -0.15) is 0 Å². The minimum atomic E-state index is -0.714. The highest BCUT2D eigenvalue weighted by molar-refractivity contribution is 7.19. The molecule has 7 nitrogen and oxygen atoms in total. The van der Waals surface area contributed by atoms with Crippen LogP contribution in [-0.4, -0.2) is 24.9 Å². The third-order valence-corrected chi connectivity index (χ3v) is 5.04. The zero-order valence-electron chi connectivity index (χ0n) is 14.9. The molecule has 0 spiro atoms. The third kappa shape index (κ3) is 3.79. The predicted octanol–water partition coefficient (Wildman–Crippen LogP) is 4.08. The number of para-hydroxylation sites is 1. The highest BCUT2D eigenvalue weighted by atomic mass is 32.1. The van der Waals surface area contributed by atoms with Crippen LogP contribution in [0, 0.1) is 12.7 Å². The molecule has 0 bridgehead atoms. The lowest BCUT2D eigenvalue weighted by Gasteiger charge is -2.05. The van der Waals surface area contributed by atoms with Gasteiger partial charge in [0.25, 0.3) is 11.8 Å². The predicted molar refractivity (Wildman–Crippen MR) is 101 cm³/mol. The van der Waals surface area contributed by atoms with Gasteiger partial charge in [-0.05, 0) is 36.8 Å². The SMILES string of the molecule is COC(=O)c1c(NC(=O)c2ccco2)sc(C(=O)Nc2ccccc2F)c1C. The molecule has 0 aliphatic rings. The number of furan rings is 1. The van der Waals surface area contributed by atoms with Crippen LogP contribution in [0.5, 0.6) is 0 Å². The molecule has 0 fully saturated rings. The Morgan fingerprint density at radius 1 is 1.07 bits per heavy atom. The number of carbonyl (C=O) groups excluding carboxylic acids is 3. The molecule has 0 saturated heterocycles. The molecule has 1 aromatic carbocycles. The topological polar surface area (TPSA) is 97.6 Å². The molecule has 2 heterocycles. The van der Waals surface area contributed by atoms with Gasteiger partial charge in [0.1, 0.15) is 10.8 Å². The van der Waals surface area contributed by atoms with Gasteiger partial charge in [-0.25, -0.2) is 9.18 Å². The quantitative estimate of drug-likeness (QED) is 0.627. The van der Waals surface area contributed by atoms with Crippen molar-refractivity contribution in [3.63, 3.8) is 0 Å². The molecule has 0 saturated carbocycles. The van der Waals surface area contributed by atoms with E-state index in [9.17, 15) is 18.8 Å². The van der Waals surface area contributed by atoms with Gasteiger partial charge in [-0.1, -0.05) is 12.1 Å². The van der Waals surface area contributed by atoms with Crippen LogP contribution in [0.25, 0.3) is 0 Å². The van der Waals surface area contributed by atoms with Crippen molar-refractivity contribution in [1.82, 2.24) is 0 Å². The van der Waals surface area contributed by atoms with Gasteiger partial charge in [0.15, 0.2) is 5.76 Å². The summed E-state index contributed by atoms with van der Waals surface area (Å²) in [5.74, 6) is -2.47. The second kappa shape index (κ2) is 8.05. The van der Waals surface area contributed by atoms with E-state index in [1.807, 2.05) is 0 Å². The molecule has 2 aromatic heterocycles. The summed E-state index contributed by atoms with van der Waals surface area (Å²) in [4.78, 5) is 37.2. The number of nitrogens with one attached hydrogen (secondary N) is 2. The molecule has 0 atom stereocenters. The van der Waals surface area contributed by atoms with Crippen LogP contribution < -0.4 is 10.6 Å². The first kappa shape index (κ1) is 19.3. The summed E-state index contributed by atoms with van der Waals surface area (Å²) in [6.45, 7) is 1.54. The van der Waals surface area contributed by atoms with Crippen LogP contribution in [0.3, 0.4) is 0 Å². The van der Waals surface area contributed by atoms with E-state index in [-0.39, 0.29) is 26.9 Å². The average Bonchev–Trinajstić information content (AvgIpc) is 3.31. The number of carbonyl (C=O) groups is 3. The first-order chi connectivity index (χ1) is 13.4. The summed E-state index contributed by atoms with van der Waals surface area (Å²) in [6.07, 6.45) is 1.34. The van der Waals surface area contributed by atoms with E-state index in [1.54, 1.807) is 19.1 Å². The summed E-state index contributed by atoms with van der Waals surface area (Å²) in [5, 5.41) is 5.14. The Hall–Kier alpha value is -3.46. The Morgan fingerprint density at radius 2 is 1.82 bits per heavy atom. The van der Waals surface area contributed by atoms with Gasteiger partial charge in [-0.15, -0.1) is 11.3 Å². The minimum absolute atomic E-state index is 0.00101. The standard InChI is InChI=1S/C19H15FN2O5S/c1-10-14(19(25)26-2)18(22-16(23)13-8-5-9-27-13)28-15(10)17(24)21-12-7-4-3-6-11(12)20/h3-9H,1-2H3,(H,21,24)(H,22,23). The molecule has 0 aliphatic carbocycles. The lowest BCUT2D eigenvalue weighted by Crippen LogP contribution is -2.14. The Labute approximate surface area is 163 Å². The van der Waals surface area contributed by atoms with Crippen molar-refractivity contribution in [2.45, 2.75) is 6.92 Å². The number of hydrogen-bond donors (Lipinski definition) is 2. The maximum atomic E-state index is 13.8. The lowest BCUT2D eigenvalue weighted by atomic mass is 10.1. The van der Waals surface area contributed by atoms with E-state index in [2.05, 4.69) is 10.6 Å². The minimum Gasteiger partial charge on any atom is -0.465 e. The number of ether oxygens (including phenoxy) is 1. The number of methoxy groups -OCH3 is 1. The molecule has 0 aliphatic heterocycles. The van der Waals surface area contributed by atoms with E-state index in [1.165, 1.54) is 37.6 Å². The molecular weight excluding hydrogens is 387 g/mol. The first-order valence-electron chi connectivity index (χ1n) is 8.04. The molecule has 144 valence electrons. The normalized spacial score (nSPS) is 10.4. The van der Waals surface area contributed by atoms with Crippen LogP contribution in [0.4, 0.5) is 15.1 Å². The van der Waals surface area contributed by atoms with Crippen molar-refractivity contribution < 1.29 is 27.9 Å². The van der Waals surface area contributed by atoms with E-state index in [4.69, 9.17) is 9.15 Å². The molecule has 3 aromatic rings. The Morgan fingerprint density at radius 3 is 2.46 bits per heavy atom. The van der Waals surface area contributed by atoms with E-state index < -0.39 is 23.6 Å². The van der Waals surface area contributed by atoms with E-state index in [0.717, 1.165) is 11.3 Å². The molecule has 2 N–H and O–H groups in total. The number of anilines is 2. The molecule has 9 heteroatoms. The average molecular weight is 402 g/mol. The zero-order valence-corrected chi connectivity index (χ0v) is 15.7. The highest BCUT2D eigenvalue weighted by Gasteiger charge is 2.27. The smallest absolute Gasteiger partial charge is 0.341 e. The van der Waals surface area contributed by atoms with E-state index >= 15 is 0 Å². The number of thiophene rings is 1. The van der Waals surface area contributed by atoms with Gasteiger partial charge >= 0.3 is 5.97 Å². The van der Waals surface area contributed by atoms with Gasteiger partial charge < -0.3 is 19.8 Å². The van der Waals surface area contributed by atoms with Crippen molar-refractivity contribution in [2.24, 2.45) is 0 Å². The van der Waals surface area contributed by atoms with Crippen LogP contribution in [0.1, 0.15) is 36.1 Å². The van der Waals surface area contributed by atoms with Crippen LogP contribution in [0.2, 0.25) is 0 Å². The number of esters is 1. The molecule has 0 radical (unpaired) electrons. The molecule has 0 unspecified atom stereocenters. The van der Waals surface area contributed by atoms with Crippen LogP contribution in [-0.2, 0) is 4.74 Å². The van der Waals surface area contributed by atoms with Crippen LogP contribution in [0.15, 0.2) is 47.1 Å². The summed E-state index contributed by atoms with van der Waals surface area (Å²) in [7, 11) is 1.19. The van der Waals surface area contributed by atoms with Crippen molar-refractivity contribution in [3.05, 3.63) is 70.2 Å². The highest BCUT2D eigenvalue weighted by Crippen LogP contribution is 2.34. The summed E-state index contributed by atoms with van der Waals surface area (Å²) >= 11 is 0.880. The molecule has 2 amide bonds. The first-order valence-corrected chi connectivity index (χ1v) is 8.86. The fourth-order valence-electron chi connectivity index (χ4n) is 2.48. The van der Waals surface area contributed by atoms with Gasteiger partial charge in [0.2, 0.25) is 0 Å². The lowest BCUT2D eigenvalue weighted by molar-refractivity contribution is 0.0601. The van der Waals surface area contributed by atoms with Crippen molar-refractivity contribution in [2.75, 3.05) is 17.7 Å². The summed E-state index contributed by atoms with van der Waals surface area (Å²) < 4.78 is 23.6. The van der Waals surface area contributed by atoms with Gasteiger partial charge in [0.05, 0.1) is 29.5 Å². The number of benzene rings is 1. The van der Waals surface area contributed by atoms with Gasteiger partial charge in [0, 0.05) is 0 Å². The fraction of sp³-hybridized carbons (Fsp3) is 0.105. The second-order valence-corrected chi connectivity index (χ2v) is 6.64. The van der Waals surface area contributed by atoms with Crippen molar-refractivity contribution in [1.29, 1.82) is 0 Å². The zero-order chi connectivity index (χ0) is 20.3. The number of rotatable bonds is 5. The van der Waals surface area contributed by atoms with Crippen LogP contribution >= 0.6 is 11.3 Å². The Balaban J connectivity index is 1.94. The largest absolute Gasteiger partial charge is 0.465 e. The van der Waals surface area contributed by atoms with Crippen molar-refractivity contribution >= 4 is 39.8 Å². The number of hydrogen-bond acceptors (Lipinski definition) is 6.